The molecule has 0 aromatic carbocycles. The van der Waals surface area contributed by atoms with Gasteiger partial charge in [0.2, 0.25) is 0 Å². The lowest BCUT2D eigenvalue weighted by molar-refractivity contribution is -0.131. The first-order valence-electron chi connectivity index (χ1n) is 3.39. The molecule has 0 bridgehead atoms. The van der Waals surface area contributed by atoms with Crippen LogP contribution in [0.1, 0.15) is 6.92 Å². The average molecular weight is 189 g/mol. The van der Waals surface area contributed by atoms with Crippen molar-refractivity contribution in [2.24, 2.45) is 0 Å². The van der Waals surface area contributed by atoms with Gasteiger partial charge in [-0.25, -0.2) is 4.67 Å². The lowest BCUT2D eigenvalue weighted by Gasteiger charge is -2.11. The average Bonchev–Trinajstić information content (AvgIpc) is 2.32. The summed E-state index contributed by atoms with van der Waals surface area (Å²) in [5, 5.41) is 0. The number of hydrogen-bond acceptors (Lipinski definition) is 4. The first-order chi connectivity index (χ1) is 5.66. The second-order valence-electron chi connectivity index (χ2n) is 2.04. The van der Waals surface area contributed by atoms with Gasteiger partial charge in [-0.2, -0.15) is 0 Å². The van der Waals surface area contributed by atoms with Gasteiger partial charge in [0.05, 0.1) is 6.61 Å². The molecule has 1 aliphatic heterocycles. The Balaban J connectivity index is 2.70. The van der Waals surface area contributed by atoms with Gasteiger partial charge in [-0.3, -0.25) is 14.2 Å². The van der Waals surface area contributed by atoms with E-state index in [1.807, 2.05) is 0 Å². The van der Waals surface area contributed by atoms with Crippen molar-refractivity contribution < 1.29 is 18.7 Å². The van der Waals surface area contributed by atoms with Gasteiger partial charge in [0, 0.05) is 12.2 Å². The predicted molar refractivity (Wildman–Crippen MR) is 41.6 cm³/mol. The van der Waals surface area contributed by atoms with Gasteiger partial charge in [0.1, 0.15) is 0 Å². The van der Waals surface area contributed by atoms with Gasteiger partial charge in [0.25, 0.3) is 20.0 Å². The van der Waals surface area contributed by atoms with Crippen molar-refractivity contribution >= 4 is 20.0 Å². The third-order valence-electron chi connectivity index (χ3n) is 1.26. The fourth-order valence-corrected chi connectivity index (χ4v) is 1.65. The van der Waals surface area contributed by atoms with E-state index in [-0.39, 0.29) is 6.61 Å². The summed E-state index contributed by atoms with van der Waals surface area (Å²) >= 11 is 0. The van der Waals surface area contributed by atoms with Crippen LogP contribution < -0.4 is 0 Å². The maximum Gasteiger partial charge on any atom is 0.294 e. The molecule has 6 heteroatoms. The summed E-state index contributed by atoms with van der Waals surface area (Å²) in [7, 11) is -2.69. The zero-order valence-corrected chi connectivity index (χ0v) is 7.44. The number of nitrogens with zero attached hydrogens (tertiary/aromatic N) is 1. The number of carbonyl (C=O) groups is 2. The zero-order chi connectivity index (χ0) is 9.14. The van der Waals surface area contributed by atoms with Crippen LogP contribution in [0.4, 0.5) is 0 Å². The van der Waals surface area contributed by atoms with Crippen molar-refractivity contribution in [1.29, 1.82) is 0 Å². The number of hydrogen-bond donors (Lipinski definition) is 0. The smallest absolute Gasteiger partial charge is 0.294 e. The minimum absolute atomic E-state index is 0.217. The molecule has 1 atom stereocenters. The first kappa shape index (κ1) is 9.16. The SMILES string of the molecule is CCO[PH](=O)N1C(=O)C=CC1=O. The van der Waals surface area contributed by atoms with E-state index in [0.29, 0.717) is 4.67 Å². The molecule has 1 unspecified atom stereocenters. The quantitative estimate of drug-likeness (QED) is 0.474. The Labute approximate surface area is 69.9 Å². The Morgan fingerprint density at radius 1 is 1.42 bits per heavy atom. The van der Waals surface area contributed by atoms with E-state index < -0.39 is 20.0 Å². The normalized spacial score (nSPS) is 18.9. The van der Waals surface area contributed by atoms with E-state index >= 15 is 0 Å². The molecule has 1 rings (SSSR count). The van der Waals surface area contributed by atoms with E-state index in [9.17, 15) is 14.2 Å². The molecule has 0 aliphatic carbocycles. The van der Waals surface area contributed by atoms with E-state index in [1.54, 1.807) is 6.92 Å². The standard InChI is InChI=1S/C6H8NO4P/c1-2-11-12(10)7-5(8)3-4-6(7)9/h3-4,12H,2H2,1H3. The maximum atomic E-state index is 11.1. The van der Waals surface area contributed by atoms with Crippen LogP contribution in [0.2, 0.25) is 0 Å². The Bertz CT molecular complexity index is 255. The van der Waals surface area contributed by atoms with Crippen LogP contribution in [0.5, 0.6) is 0 Å². The van der Waals surface area contributed by atoms with E-state index in [0.717, 1.165) is 12.2 Å². The summed E-state index contributed by atoms with van der Waals surface area (Å²) in [5.41, 5.74) is 0. The predicted octanol–water partition coefficient (Wildman–Crippen LogP) is 0.338. The molecule has 0 spiro atoms. The zero-order valence-electron chi connectivity index (χ0n) is 6.44. The van der Waals surface area contributed by atoms with Gasteiger partial charge in [-0.15, -0.1) is 0 Å². The van der Waals surface area contributed by atoms with E-state index in [2.05, 4.69) is 4.52 Å². The molecule has 0 saturated heterocycles. The molecule has 2 amide bonds. The fraction of sp³-hybridized carbons (Fsp3) is 0.333. The molecule has 12 heavy (non-hydrogen) atoms. The topological polar surface area (TPSA) is 63.7 Å². The minimum atomic E-state index is -2.69. The second-order valence-corrected chi connectivity index (χ2v) is 3.31. The highest BCUT2D eigenvalue weighted by Gasteiger charge is 2.28. The van der Waals surface area contributed by atoms with Crippen molar-refractivity contribution in [3.63, 3.8) is 0 Å². The molecule has 5 nitrogen and oxygen atoms in total. The number of rotatable bonds is 3. The van der Waals surface area contributed by atoms with Crippen LogP contribution in [0, 0.1) is 0 Å². The molecule has 1 aliphatic rings. The van der Waals surface area contributed by atoms with Gasteiger partial charge in [0.15, 0.2) is 0 Å². The minimum Gasteiger partial charge on any atom is -0.315 e. The van der Waals surface area contributed by atoms with Crippen LogP contribution in [0.3, 0.4) is 0 Å². The Morgan fingerprint density at radius 3 is 2.33 bits per heavy atom. The van der Waals surface area contributed by atoms with Crippen LogP contribution in [0.25, 0.3) is 0 Å². The molecule has 0 aromatic heterocycles. The third-order valence-corrected chi connectivity index (χ3v) is 2.60. The van der Waals surface area contributed by atoms with Crippen molar-refractivity contribution in [2.45, 2.75) is 6.92 Å². The summed E-state index contributed by atoms with van der Waals surface area (Å²) in [6.45, 7) is 1.86. The molecule has 0 N–H and O–H groups in total. The summed E-state index contributed by atoms with van der Waals surface area (Å²) < 4.78 is 16.4. The Kier molecular flexibility index (Phi) is 2.78. The molecule has 1 heterocycles. The highest BCUT2D eigenvalue weighted by molar-refractivity contribution is 7.38. The van der Waals surface area contributed by atoms with Crippen LogP contribution >= 0.6 is 8.18 Å². The maximum absolute atomic E-state index is 11.1. The molecule has 0 aromatic rings. The number of amides is 2. The van der Waals surface area contributed by atoms with Gasteiger partial charge < -0.3 is 4.52 Å². The largest absolute Gasteiger partial charge is 0.315 e. The summed E-state index contributed by atoms with van der Waals surface area (Å²) in [5.74, 6) is -1.14. The Hall–Kier alpha value is -0.930. The van der Waals surface area contributed by atoms with E-state index in [4.69, 9.17) is 0 Å². The number of imide groups is 1. The lowest BCUT2D eigenvalue weighted by Crippen LogP contribution is -2.22. The monoisotopic (exact) mass is 189 g/mol. The van der Waals surface area contributed by atoms with Crippen LogP contribution in [0.15, 0.2) is 12.2 Å². The molecule has 66 valence electrons. The highest BCUT2D eigenvalue weighted by atomic mass is 31.1. The van der Waals surface area contributed by atoms with E-state index in [1.165, 1.54) is 0 Å². The molecule has 0 radical (unpaired) electrons. The van der Waals surface area contributed by atoms with Crippen molar-refractivity contribution in [2.75, 3.05) is 6.61 Å². The third kappa shape index (κ3) is 1.62. The van der Waals surface area contributed by atoms with Gasteiger partial charge in [-0.1, -0.05) is 0 Å². The van der Waals surface area contributed by atoms with Crippen molar-refractivity contribution in [1.82, 2.24) is 4.67 Å². The molecule has 0 saturated carbocycles. The van der Waals surface area contributed by atoms with Crippen LogP contribution in [-0.2, 0) is 18.7 Å². The Morgan fingerprint density at radius 2 is 1.92 bits per heavy atom. The first-order valence-corrected chi connectivity index (χ1v) is 4.66. The fourth-order valence-electron chi connectivity index (χ4n) is 0.768. The summed E-state index contributed by atoms with van der Waals surface area (Å²) in [6, 6.07) is 0. The van der Waals surface area contributed by atoms with Crippen molar-refractivity contribution in [3.05, 3.63) is 12.2 Å². The highest BCUT2D eigenvalue weighted by Crippen LogP contribution is 2.31. The second kappa shape index (κ2) is 3.65. The number of carbonyl (C=O) groups excluding carboxylic acids is 2. The molecular formula is C6H8NO4P. The lowest BCUT2D eigenvalue weighted by atomic mass is 10.6. The molecular weight excluding hydrogens is 181 g/mol. The summed E-state index contributed by atoms with van der Waals surface area (Å²) in [4.78, 5) is 21.7. The van der Waals surface area contributed by atoms with Gasteiger partial charge >= 0.3 is 0 Å². The molecule has 0 fully saturated rings. The van der Waals surface area contributed by atoms with Crippen molar-refractivity contribution in [3.8, 4) is 0 Å². The van der Waals surface area contributed by atoms with Gasteiger partial charge in [-0.05, 0) is 6.92 Å². The summed E-state index contributed by atoms with van der Waals surface area (Å²) in [6.07, 6.45) is 2.15. The van der Waals surface area contributed by atoms with Crippen LogP contribution in [-0.4, -0.2) is 23.1 Å².